The number of aliphatic hydroxyl groups excluding tert-OH is 1. The first-order valence-corrected chi connectivity index (χ1v) is 6.98. The maximum absolute atomic E-state index is 10.1. The van der Waals surface area contributed by atoms with Gasteiger partial charge in [-0.2, -0.15) is 0 Å². The van der Waals surface area contributed by atoms with Crippen molar-refractivity contribution in [3.8, 4) is 0 Å². The summed E-state index contributed by atoms with van der Waals surface area (Å²) in [6.45, 7) is 10.3. The number of hydrogen-bond acceptors (Lipinski definition) is 4. The minimum atomic E-state index is -0.223. The first-order chi connectivity index (χ1) is 8.17. The van der Waals surface area contributed by atoms with E-state index in [0.717, 1.165) is 52.1 Å². The lowest BCUT2D eigenvalue weighted by Gasteiger charge is -2.32. The molecule has 4 nitrogen and oxygen atoms in total. The minimum absolute atomic E-state index is 0.223. The molecule has 2 N–H and O–H groups in total. The zero-order chi connectivity index (χ0) is 12.7. The number of β-amino-alcohol motifs (C(OH)–C–C–N with tert-alkyl or cyclic N) is 1. The molecule has 0 aliphatic carbocycles. The first kappa shape index (κ1) is 14.9. The van der Waals surface area contributed by atoms with E-state index in [2.05, 4.69) is 36.0 Å². The highest BCUT2D eigenvalue weighted by Gasteiger charge is 2.18. The summed E-state index contributed by atoms with van der Waals surface area (Å²) in [6.07, 6.45) is 2.10. The summed E-state index contributed by atoms with van der Waals surface area (Å²) >= 11 is 0. The van der Waals surface area contributed by atoms with Crippen molar-refractivity contribution < 1.29 is 5.11 Å². The van der Waals surface area contributed by atoms with Crippen LogP contribution in [0, 0.1) is 0 Å². The molecular formula is C13H29N3O. The van der Waals surface area contributed by atoms with Crippen LogP contribution in [0.25, 0.3) is 0 Å². The summed E-state index contributed by atoms with van der Waals surface area (Å²) in [7, 11) is 2.12. The van der Waals surface area contributed by atoms with Crippen LogP contribution in [0.3, 0.4) is 0 Å². The van der Waals surface area contributed by atoms with E-state index >= 15 is 0 Å². The molecule has 17 heavy (non-hydrogen) atoms. The van der Waals surface area contributed by atoms with Gasteiger partial charge in [0.15, 0.2) is 0 Å². The van der Waals surface area contributed by atoms with Crippen LogP contribution in [0.1, 0.15) is 26.7 Å². The van der Waals surface area contributed by atoms with Gasteiger partial charge in [-0.15, -0.1) is 0 Å². The molecule has 0 spiro atoms. The van der Waals surface area contributed by atoms with Gasteiger partial charge >= 0.3 is 0 Å². The molecule has 1 unspecified atom stereocenters. The predicted molar refractivity (Wildman–Crippen MR) is 72.3 cm³/mol. The summed E-state index contributed by atoms with van der Waals surface area (Å²) in [5.74, 6) is 0. The van der Waals surface area contributed by atoms with Crippen molar-refractivity contribution in [2.24, 2.45) is 0 Å². The van der Waals surface area contributed by atoms with E-state index in [4.69, 9.17) is 0 Å². The van der Waals surface area contributed by atoms with E-state index in [-0.39, 0.29) is 6.10 Å². The fourth-order valence-electron chi connectivity index (χ4n) is 2.64. The highest BCUT2D eigenvalue weighted by atomic mass is 16.3. The Morgan fingerprint density at radius 3 is 2.35 bits per heavy atom. The van der Waals surface area contributed by atoms with E-state index < -0.39 is 0 Å². The van der Waals surface area contributed by atoms with Gasteiger partial charge in [-0.25, -0.2) is 0 Å². The van der Waals surface area contributed by atoms with Crippen molar-refractivity contribution >= 4 is 0 Å². The van der Waals surface area contributed by atoms with Crippen molar-refractivity contribution in [1.29, 1.82) is 0 Å². The molecular weight excluding hydrogens is 214 g/mol. The highest BCUT2D eigenvalue weighted by Crippen LogP contribution is 2.07. The van der Waals surface area contributed by atoms with Gasteiger partial charge in [0.25, 0.3) is 0 Å². The Labute approximate surface area is 106 Å². The van der Waals surface area contributed by atoms with Gasteiger partial charge in [0.2, 0.25) is 0 Å². The lowest BCUT2D eigenvalue weighted by molar-refractivity contribution is 0.0630. The van der Waals surface area contributed by atoms with Gasteiger partial charge in [0, 0.05) is 45.3 Å². The van der Waals surface area contributed by atoms with Gasteiger partial charge < -0.3 is 15.3 Å². The van der Waals surface area contributed by atoms with Crippen LogP contribution >= 0.6 is 0 Å². The van der Waals surface area contributed by atoms with Gasteiger partial charge in [0.05, 0.1) is 6.10 Å². The molecule has 1 saturated heterocycles. The normalized spacial score (nSPS) is 20.1. The number of nitrogens with zero attached hydrogens (tertiary/aromatic N) is 2. The van der Waals surface area contributed by atoms with Crippen LogP contribution in [-0.4, -0.2) is 73.4 Å². The van der Waals surface area contributed by atoms with Crippen LogP contribution in [0.4, 0.5) is 0 Å². The number of hydrogen-bond donors (Lipinski definition) is 2. The molecule has 1 atom stereocenters. The van der Waals surface area contributed by atoms with Gasteiger partial charge in [0.1, 0.15) is 0 Å². The zero-order valence-corrected chi connectivity index (χ0v) is 11.7. The molecule has 0 aromatic rings. The van der Waals surface area contributed by atoms with Crippen LogP contribution in [0.5, 0.6) is 0 Å². The van der Waals surface area contributed by atoms with Crippen LogP contribution in [0.15, 0.2) is 0 Å². The molecule has 0 bridgehead atoms. The molecule has 0 radical (unpaired) electrons. The van der Waals surface area contributed by atoms with Crippen LogP contribution < -0.4 is 5.32 Å². The van der Waals surface area contributed by atoms with Crippen molar-refractivity contribution in [1.82, 2.24) is 15.1 Å². The minimum Gasteiger partial charge on any atom is -0.390 e. The monoisotopic (exact) mass is 243 g/mol. The Morgan fingerprint density at radius 2 is 1.82 bits per heavy atom. The average molecular weight is 243 g/mol. The summed E-state index contributed by atoms with van der Waals surface area (Å²) in [6, 6.07) is 0.604. The number of likely N-dealkylation sites (N-methyl/N-ethyl adjacent to an activating group) is 1. The molecule has 1 fully saturated rings. The standard InChI is InChI=1S/C13H29N3O/c1-4-12(5-2)15(3)10-13(17)11-16-8-6-14-7-9-16/h12-14,17H,4-11H2,1-3H3. The van der Waals surface area contributed by atoms with Gasteiger partial charge in [-0.1, -0.05) is 13.8 Å². The summed E-state index contributed by atoms with van der Waals surface area (Å²) < 4.78 is 0. The molecule has 0 amide bonds. The number of aliphatic hydroxyl groups is 1. The fraction of sp³-hybridized carbons (Fsp3) is 1.00. The third-order valence-electron chi connectivity index (χ3n) is 3.74. The number of piperazine rings is 1. The van der Waals surface area contributed by atoms with Crippen molar-refractivity contribution in [2.75, 3.05) is 46.3 Å². The van der Waals surface area contributed by atoms with Crippen molar-refractivity contribution in [2.45, 2.75) is 38.8 Å². The molecule has 1 aliphatic heterocycles. The predicted octanol–water partition coefficient (Wildman–Crippen LogP) is 0.373. The fourth-order valence-corrected chi connectivity index (χ4v) is 2.64. The van der Waals surface area contributed by atoms with Crippen molar-refractivity contribution in [3.05, 3.63) is 0 Å². The SMILES string of the molecule is CCC(CC)N(C)CC(O)CN1CCNCC1. The van der Waals surface area contributed by atoms with Crippen LogP contribution in [-0.2, 0) is 0 Å². The average Bonchev–Trinajstić information content (AvgIpc) is 2.31. The zero-order valence-electron chi connectivity index (χ0n) is 11.7. The second-order valence-electron chi connectivity index (χ2n) is 5.11. The summed E-state index contributed by atoms with van der Waals surface area (Å²) in [4.78, 5) is 4.65. The molecule has 0 saturated carbocycles. The van der Waals surface area contributed by atoms with Gasteiger partial charge in [-0.3, -0.25) is 4.90 Å². The van der Waals surface area contributed by atoms with Gasteiger partial charge in [-0.05, 0) is 19.9 Å². The smallest absolute Gasteiger partial charge is 0.0793 e. The Bertz CT molecular complexity index is 191. The first-order valence-electron chi connectivity index (χ1n) is 6.98. The van der Waals surface area contributed by atoms with E-state index in [1.807, 2.05) is 0 Å². The Kier molecular flexibility index (Phi) is 7.04. The van der Waals surface area contributed by atoms with E-state index in [9.17, 15) is 5.11 Å². The van der Waals surface area contributed by atoms with Crippen molar-refractivity contribution in [3.63, 3.8) is 0 Å². The molecule has 0 aromatic heterocycles. The quantitative estimate of drug-likeness (QED) is 0.678. The third-order valence-corrected chi connectivity index (χ3v) is 3.74. The Balaban J connectivity index is 2.24. The molecule has 4 heteroatoms. The molecule has 102 valence electrons. The lowest BCUT2D eigenvalue weighted by Crippen LogP contribution is -2.48. The molecule has 1 heterocycles. The maximum atomic E-state index is 10.1. The van der Waals surface area contributed by atoms with E-state index in [1.165, 1.54) is 0 Å². The summed E-state index contributed by atoms with van der Waals surface area (Å²) in [5.41, 5.74) is 0. The molecule has 0 aromatic carbocycles. The Morgan fingerprint density at radius 1 is 1.24 bits per heavy atom. The highest BCUT2D eigenvalue weighted by molar-refractivity contribution is 4.74. The topological polar surface area (TPSA) is 38.7 Å². The number of rotatable bonds is 7. The van der Waals surface area contributed by atoms with Crippen LogP contribution in [0.2, 0.25) is 0 Å². The lowest BCUT2D eigenvalue weighted by atomic mass is 10.1. The largest absolute Gasteiger partial charge is 0.390 e. The van der Waals surface area contributed by atoms with E-state index in [1.54, 1.807) is 0 Å². The molecule has 1 aliphatic rings. The maximum Gasteiger partial charge on any atom is 0.0793 e. The molecule has 1 rings (SSSR count). The number of nitrogens with one attached hydrogen (secondary N) is 1. The second kappa shape index (κ2) is 8.03. The van der Waals surface area contributed by atoms with E-state index in [0.29, 0.717) is 6.04 Å². The third kappa shape index (κ3) is 5.34. The second-order valence-corrected chi connectivity index (χ2v) is 5.11. The Hall–Kier alpha value is -0.160. The summed E-state index contributed by atoms with van der Waals surface area (Å²) in [5, 5.41) is 13.4.